The predicted molar refractivity (Wildman–Crippen MR) is 50.0 cm³/mol. The van der Waals surface area contributed by atoms with Gasteiger partial charge in [-0.05, 0) is 30.5 Å². The summed E-state index contributed by atoms with van der Waals surface area (Å²) >= 11 is 0. The number of aliphatic hydroxyl groups is 1. The zero-order chi connectivity index (χ0) is 10.6. The Kier molecular flexibility index (Phi) is 3.71. The van der Waals surface area contributed by atoms with Crippen molar-refractivity contribution in [2.45, 2.75) is 12.8 Å². The molecule has 0 spiro atoms. The number of methoxy groups -OCH3 is 1. The molecule has 0 fully saturated rings. The van der Waals surface area contributed by atoms with Crippen molar-refractivity contribution < 1.29 is 19.3 Å². The van der Waals surface area contributed by atoms with E-state index >= 15 is 0 Å². The van der Waals surface area contributed by atoms with Crippen LogP contribution in [0.15, 0.2) is 12.1 Å². The van der Waals surface area contributed by atoms with E-state index in [1.807, 2.05) is 0 Å². The van der Waals surface area contributed by atoms with Crippen LogP contribution in [0.3, 0.4) is 0 Å². The average molecular weight is 200 g/mol. The molecule has 14 heavy (non-hydrogen) atoms. The molecule has 0 aliphatic rings. The number of halogens is 1. The van der Waals surface area contributed by atoms with Gasteiger partial charge in [0.2, 0.25) is 0 Å². The normalized spacial score (nSPS) is 10.2. The molecule has 3 nitrogen and oxygen atoms in total. The molecular formula is C10H13FO3. The molecule has 0 atom stereocenters. The van der Waals surface area contributed by atoms with Gasteiger partial charge >= 0.3 is 0 Å². The van der Waals surface area contributed by atoms with Gasteiger partial charge in [-0.2, -0.15) is 0 Å². The molecule has 4 heteroatoms. The summed E-state index contributed by atoms with van der Waals surface area (Å²) in [7, 11) is 1.30. The van der Waals surface area contributed by atoms with E-state index in [2.05, 4.69) is 4.74 Å². The molecule has 0 saturated carbocycles. The van der Waals surface area contributed by atoms with Crippen molar-refractivity contribution in [1.29, 1.82) is 0 Å². The highest BCUT2D eigenvalue weighted by Gasteiger charge is 2.10. The Labute approximate surface area is 81.8 Å². The third-order valence-electron chi connectivity index (χ3n) is 1.91. The Balaban J connectivity index is 2.90. The van der Waals surface area contributed by atoms with Crippen LogP contribution >= 0.6 is 0 Å². The van der Waals surface area contributed by atoms with Crippen molar-refractivity contribution in [3.05, 3.63) is 23.5 Å². The maximum absolute atomic E-state index is 13.2. The number of benzene rings is 1. The summed E-state index contributed by atoms with van der Waals surface area (Å²) in [5.74, 6) is -0.932. The Morgan fingerprint density at radius 3 is 2.64 bits per heavy atom. The molecule has 0 aliphatic carbocycles. The molecule has 0 unspecified atom stereocenters. The number of hydrogen-bond acceptors (Lipinski definition) is 3. The fourth-order valence-corrected chi connectivity index (χ4v) is 1.26. The first kappa shape index (κ1) is 10.8. The van der Waals surface area contributed by atoms with Crippen molar-refractivity contribution in [3.8, 4) is 11.5 Å². The van der Waals surface area contributed by atoms with Gasteiger partial charge in [0.1, 0.15) is 0 Å². The SMILES string of the molecule is COc1c(O)cc(CCCO)cc1F. The number of aromatic hydroxyl groups is 1. The van der Waals surface area contributed by atoms with Gasteiger partial charge in [0.05, 0.1) is 7.11 Å². The van der Waals surface area contributed by atoms with Crippen molar-refractivity contribution in [2.75, 3.05) is 13.7 Å². The van der Waals surface area contributed by atoms with Crippen LogP contribution in [0.4, 0.5) is 4.39 Å². The van der Waals surface area contributed by atoms with Gasteiger partial charge in [0, 0.05) is 6.61 Å². The highest BCUT2D eigenvalue weighted by molar-refractivity contribution is 5.43. The summed E-state index contributed by atoms with van der Waals surface area (Å²) in [6.07, 6.45) is 1.08. The van der Waals surface area contributed by atoms with E-state index in [1.54, 1.807) is 0 Å². The second-order valence-corrected chi connectivity index (χ2v) is 2.96. The standard InChI is InChI=1S/C10H13FO3/c1-14-10-8(11)5-7(3-2-4-12)6-9(10)13/h5-6,12-13H,2-4H2,1H3. The minimum atomic E-state index is -0.583. The molecule has 78 valence electrons. The van der Waals surface area contributed by atoms with E-state index in [0.29, 0.717) is 18.4 Å². The lowest BCUT2D eigenvalue weighted by Crippen LogP contribution is -1.94. The van der Waals surface area contributed by atoms with Crippen molar-refractivity contribution >= 4 is 0 Å². The van der Waals surface area contributed by atoms with E-state index in [0.717, 1.165) is 0 Å². The van der Waals surface area contributed by atoms with Crippen LogP contribution in [-0.4, -0.2) is 23.9 Å². The molecule has 0 aliphatic heterocycles. The average Bonchev–Trinajstić information content (AvgIpc) is 2.14. The van der Waals surface area contributed by atoms with E-state index in [4.69, 9.17) is 5.11 Å². The summed E-state index contributed by atoms with van der Waals surface area (Å²) in [6, 6.07) is 2.74. The number of aryl methyl sites for hydroxylation is 1. The third-order valence-corrected chi connectivity index (χ3v) is 1.91. The van der Waals surface area contributed by atoms with E-state index in [-0.39, 0.29) is 18.1 Å². The number of rotatable bonds is 4. The second kappa shape index (κ2) is 4.81. The van der Waals surface area contributed by atoms with Crippen molar-refractivity contribution in [1.82, 2.24) is 0 Å². The summed E-state index contributed by atoms with van der Waals surface area (Å²) in [5.41, 5.74) is 0.648. The van der Waals surface area contributed by atoms with Gasteiger partial charge in [0.25, 0.3) is 0 Å². The molecule has 0 bridgehead atoms. The van der Waals surface area contributed by atoms with Crippen molar-refractivity contribution in [2.24, 2.45) is 0 Å². The fourth-order valence-electron chi connectivity index (χ4n) is 1.26. The van der Waals surface area contributed by atoms with Crippen LogP contribution in [-0.2, 0) is 6.42 Å². The Morgan fingerprint density at radius 1 is 1.43 bits per heavy atom. The zero-order valence-electron chi connectivity index (χ0n) is 7.96. The fraction of sp³-hybridized carbons (Fsp3) is 0.400. The minimum absolute atomic E-state index is 0.0500. The Hall–Kier alpha value is -1.29. The molecule has 0 saturated heterocycles. The topological polar surface area (TPSA) is 49.7 Å². The van der Waals surface area contributed by atoms with Gasteiger partial charge in [-0.1, -0.05) is 0 Å². The van der Waals surface area contributed by atoms with Crippen LogP contribution in [0.5, 0.6) is 11.5 Å². The first-order valence-electron chi connectivity index (χ1n) is 4.35. The molecule has 0 amide bonds. The molecular weight excluding hydrogens is 187 g/mol. The highest BCUT2D eigenvalue weighted by Crippen LogP contribution is 2.30. The first-order chi connectivity index (χ1) is 6.69. The molecule has 0 aromatic heterocycles. The third kappa shape index (κ3) is 2.35. The Morgan fingerprint density at radius 2 is 2.14 bits per heavy atom. The number of ether oxygens (including phenoxy) is 1. The second-order valence-electron chi connectivity index (χ2n) is 2.96. The van der Waals surface area contributed by atoms with Crippen molar-refractivity contribution in [3.63, 3.8) is 0 Å². The van der Waals surface area contributed by atoms with Gasteiger partial charge < -0.3 is 14.9 Å². The quantitative estimate of drug-likeness (QED) is 0.773. The summed E-state index contributed by atoms with van der Waals surface area (Å²) in [5, 5.41) is 17.9. The number of hydrogen-bond donors (Lipinski definition) is 2. The molecule has 2 N–H and O–H groups in total. The van der Waals surface area contributed by atoms with E-state index in [9.17, 15) is 9.50 Å². The molecule has 0 radical (unpaired) electrons. The maximum Gasteiger partial charge on any atom is 0.196 e. The number of aliphatic hydroxyl groups excluding tert-OH is 1. The number of phenolic OH excluding ortho intramolecular Hbond substituents is 1. The minimum Gasteiger partial charge on any atom is -0.504 e. The zero-order valence-corrected chi connectivity index (χ0v) is 7.96. The molecule has 1 aromatic rings. The lowest BCUT2D eigenvalue weighted by atomic mass is 10.1. The number of phenols is 1. The summed E-state index contributed by atoms with van der Waals surface area (Å²) in [4.78, 5) is 0. The summed E-state index contributed by atoms with van der Waals surface area (Å²) < 4.78 is 17.9. The van der Waals surface area contributed by atoms with E-state index in [1.165, 1.54) is 19.2 Å². The van der Waals surface area contributed by atoms with Crippen LogP contribution in [0.1, 0.15) is 12.0 Å². The lowest BCUT2D eigenvalue weighted by molar-refractivity contribution is 0.288. The highest BCUT2D eigenvalue weighted by atomic mass is 19.1. The summed E-state index contributed by atoms with van der Waals surface area (Å²) in [6.45, 7) is 0.0500. The maximum atomic E-state index is 13.2. The first-order valence-corrected chi connectivity index (χ1v) is 4.35. The molecule has 1 aromatic carbocycles. The van der Waals surface area contributed by atoms with Crippen LogP contribution in [0.25, 0.3) is 0 Å². The van der Waals surface area contributed by atoms with Gasteiger partial charge in [0.15, 0.2) is 17.3 Å². The van der Waals surface area contributed by atoms with E-state index < -0.39 is 5.82 Å². The van der Waals surface area contributed by atoms with Gasteiger partial charge in [-0.15, -0.1) is 0 Å². The smallest absolute Gasteiger partial charge is 0.196 e. The van der Waals surface area contributed by atoms with Crippen LogP contribution in [0.2, 0.25) is 0 Å². The molecule has 1 rings (SSSR count). The molecule has 0 heterocycles. The lowest BCUT2D eigenvalue weighted by Gasteiger charge is -2.07. The van der Waals surface area contributed by atoms with Gasteiger partial charge in [-0.25, -0.2) is 4.39 Å². The van der Waals surface area contributed by atoms with Gasteiger partial charge in [-0.3, -0.25) is 0 Å². The predicted octanol–water partition coefficient (Wildman–Crippen LogP) is 1.46. The monoisotopic (exact) mass is 200 g/mol. The van der Waals surface area contributed by atoms with Crippen LogP contribution in [0, 0.1) is 5.82 Å². The van der Waals surface area contributed by atoms with Crippen LogP contribution < -0.4 is 4.74 Å². The Bertz CT molecular complexity index is 289. The largest absolute Gasteiger partial charge is 0.504 e.